The number of aryl methyl sites for hydroxylation is 3. The van der Waals surface area contributed by atoms with E-state index in [1.807, 2.05) is 46.0 Å². The molecule has 0 fully saturated rings. The van der Waals surface area contributed by atoms with Gasteiger partial charge in [-0.25, -0.2) is 4.39 Å². The van der Waals surface area contributed by atoms with E-state index < -0.39 is 0 Å². The average molecular weight is 409 g/mol. The van der Waals surface area contributed by atoms with Crippen LogP contribution in [0.15, 0.2) is 48.5 Å². The van der Waals surface area contributed by atoms with Crippen LogP contribution in [0.25, 0.3) is 11.3 Å². The lowest BCUT2D eigenvalue weighted by Gasteiger charge is -2.24. The Bertz CT molecular complexity index is 997. The van der Waals surface area contributed by atoms with E-state index in [4.69, 9.17) is 0 Å². The van der Waals surface area contributed by atoms with Crippen LogP contribution in [0.5, 0.6) is 0 Å². The fourth-order valence-electron chi connectivity index (χ4n) is 3.36. The number of likely N-dealkylation sites (N-methyl/N-ethyl adjacent to an activating group) is 1. The predicted molar refractivity (Wildman–Crippen MR) is 119 cm³/mol. The minimum Gasteiger partial charge on any atom is -0.324 e. The highest BCUT2D eigenvalue weighted by molar-refractivity contribution is 5.95. The van der Waals surface area contributed by atoms with Gasteiger partial charge in [-0.1, -0.05) is 17.7 Å². The standard InChI is InChI=1S/C24H29FN4O/c1-16-7-12-22(17(2)14-16)26-24(30)18(3)29(4)13-5-6-21-15-23(28-27-21)19-8-10-20(25)11-9-19/h7-12,14-15,18H,5-6,13H2,1-4H3,(H,26,30)(H,27,28). The summed E-state index contributed by atoms with van der Waals surface area (Å²) < 4.78 is 13.1. The molecule has 158 valence electrons. The van der Waals surface area contributed by atoms with E-state index in [1.54, 1.807) is 12.1 Å². The summed E-state index contributed by atoms with van der Waals surface area (Å²) in [6.45, 7) is 6.74. The average Bonchev–Trinajstić information content (AvgIpc) is 3.18. The van der Waals surface area contributed by atoms with E-state index in [2.05, 4.69) is 26.5 Å². The molecule has 1 unspecified atom stereocenters. The van der Waals surface area contributed by atoms with Crippen LogP contribution in [0.2, 0.25) is 0 Å². The van der Waals surface area contributed by atoms with E-state index in [-0.39, 0.29) is 17.8 Å². The zero-order chi connectivity index (χ0) is 21.7. The van der Waals surface area contributed by atoms with E-state index in [1.165, 1.54) is 17.7 Å². The molecule has 0 aliphatic rings. The van der Waals surface area contributed by atoms with Gasteiger partial charge in [-0.05, 0) is 89.2 Å². The van der Waals surface area contributed by atoms with Gasteiger partial charge >= 0.3 is 0 Å². The number of nitrogens with zero attached hydrogens (tertiary/aromatic N) is 2. The lowest BCUT2D eigenvalue weighted by molar-refractivity contribution is -0.120. The third-order valence-electron chi connectivity index (χ3n) is 5.41. The quantitative estimate of drug-likeness (QED) is 0.567. The molecule has 0 aliphatic carbocycles. The molecule has 0 aliphatic heterocycles. The highest BCUT2D eigenvalue weighted by atomic mass is 19.1. The smallest absolute Gasteiger partial charge is 0.241 e. The molecule has 2 aromatic carbocycles. The Morgan fingerprint density at radius 1 is 1.17 bits per heavy atom. The zero-order valence-corrected chi connectivity index (χ0v) is 18.0. The van der Waals surface area contributed by atoms with Crippen molar-refractivity contribution in [3.05, 3.63) is 71.2 Å². The number of hydrogen-bond donors (Lipinski definition) is 2. The molecule has 5 nitrogen and oxygen atoms in total. The van der Waals surface area contributed by atoms with Crippen LogP contribution in [-0.2, 0) is 11.2 Å². The number of hydrogen-bond acceptors (Lipinski definition) is 3. The van der Waals surface area contributed by atoms with Crippen LogP contribution in [0, 0.1) is 19.7 Å². The topological polar surface area (TPSA) is 61.0 Å². The maximum atomic E-state index is 13.1. The minimum atomic E-state index is -0.256. The molecule has 6 heteroatoms. The number of carbonyl (C=O) groups excluding carboxylic acids is 1. The van der Waals surface area contributed by atoms with Gasteiger partial charge < -0.3 is 5.32 Å². The van der Waals surface area contributed by atoms with Crippen molar-refractivity contribution in [3.8, 4) is 11.3 Å². The highest BCUT2D eigenvalue weighted by Gasteiger charge is 2.18. The van der Waals surface area contributed by atoms with E-state index >= 15 is 0 Å². The number of H-pyrrole nitrogens is 1. The molecular formula is C24H29FN4O. The van der Waals surface area contributed by atoms with Crippen LogP contribution < -0.4 is 5.32 Å². The molecule has 0 saturated carbocycles. The van der Waals surface area contributed by atoms with Crippen molar-refractivity contribution >= 4 is 11.6 Å². The molecule has 3 aromatic rings. The monoisotopic (exact) mass is 408 g/mol. The molecule has 0 spiro atoms. The van der Waals surface area contributed by atoms with Crippen LogP contribution in [0.4, 0.5) is 10.1 Å². The Hall–Kier alpha value is -2.99. The summed E-state index contributed by atoms with van der Waals surface area (Å²) in [6.07, 6.45) is 1.71. The number of rotatable bonds is 8. The predicted octanol–water partition coefficient (Wildman–Crippen LogP) is 4.72. The van der Waals surface area contributed by atoms with Gasteiger partial charge in [-0.3, -0.25) is 14.8 Å². The van der Waals surface area contributed by atoms with E-state index in [0.29, 0.717) is 0 Å². The normalized spacial score (nSPS) is 12.2. The lowest BCUT2D eigenvalue weighted by atomic mass is 10.1. The van der Waals surface area contributed by atoms with Crippen molar-refractivity contribution in [2.45, 2.75) is 39.7 Å². The highest BCUT2D eigenvalue weighted by Crippen LogP contribution is 2.19. The Labute approximate surface area is 177 Å². The molecule has 1 heterocycles. The summed E-state index contributed by atoms with van der Waals surface area (Å²) in [5.74, 6) is -0.266. The second-order valence-corrected chi connectivity index (χ2v) is 7.85. The van der Waals surface area contributed by atoms with Crippen molar-refractivity contribution in [2.24, 2.45) is 0 Å². The molecule has 0 bridgehead atoms. The third kappa shape index (κ3) is 5.54. The van der Waals surface area contributed by atoms with Gasteiger partial charge in [0.05, 0.1) is 11.7 Å². The number of carbonyl (C=O) groups is 1. The van der Waals surface area contributed by atoms with Crippen molar-refractivity contribution in [2.75, 3.05) is 18.9 Å². The number of benzene rings is 2. The summed E-state index contributed by atoms with van der Waals surface area (Å²) in [4.78, 5) is 14.7. The largest absolute Gasteiger partial charge is 0.324 e. The number of anilines is 1. The van der Waals surface area contributed by atoms with Crippen LogP contribution >= 0.6 is 0 Å². The number of aromatic amines is 1. The first-order chi connectivity index (χ1) is 14.3. The Balaban J connectivity index is 1.48. The van der Waals surface area contributed by atoms with E-state index in [9.17, 15) is 9.18 Å². The van der Waals surface area contributed by atoms with Gasteiger partial charge in [0, 0.05) is 16.9 Å². The molecule has 0 saturated heterocycles. The molecule has 1 atom stereocenters. The lowest BCUT2D eigenvalue weighted by Crippen LogP contribution is -2.40. The fraction of sp³-hybridized carbons (Fsp3) is 0.333. The molecule has 1 aromatic heterocycles. The van der Waals surface area contributed by atoms with E-state index in [0.717, 1.165) is 47.6 Å². The molecular weight excluding hydrogens is 379 g/mol. The zero-order valence-electron chi connectivity index (χ0n) is 18.0. The van der Waals surface area contributed by atoms with Crippen molar-refractivity contribution in [3.63, 3.8) is 0 Å². The molecule has 3 rings (SSSR count). The first-order valence-electron chi connectivity index (χ1n) is 10.2. The van der Waals surface area contributed by atoms with Crippen molar-refractivity contribution < 1.29 is 9.18 Å². The molecule has 30 heavy (non-hydrogen) atoms. The van der Waals surface area contributed by atoms with Crippen molar-refractivity contribution in [1.29, 1.82) is 0 Å². The second kappa shape index (κ2) is 9.67. The minimum absolute atomic E-state index is 0.00964. The van der Waals surface area contributed by atoms with Crippen LogP contribution in [-0.4, -0.2) is 40.6 Å². The van der Waals surface area contributed by atoms with Crippen molar-refractivity contribution in [1.82, 2.24) is 15.1 Å². The Morgan fingerprint density at radius 2 is 1.90 bits per heavy atom. The fourth-order valence-corrected chi connectivity index (χ4v) is 3.36. The Kier molecular flexibility index (Phi) is 7.00. The van der Waals surface area contributed by atoms with Gasteiger partial charge in [0.1, 0.15) is 5.82 Å². The Morgan fingerprint density at radius 3 is 2.60 bits per heavy atom. The van der Waals surface area contributed by atoms with Gasteiger partial charge in [0.2, 0.25) is 5.91 Å². The van der Waals surface area contributed by atoms with Crippen LogP contribution in [0.1, 0.15) is 30.2 Å². The number of amides is 1. The second-order valence-electron chi connectivity index (χ2n) is 7.85. The maximum absolute atomic E-state index is 13.1. The summed E-state index contributed by atoms with van der Waals surface area (Å²) in [5.41, 5.74) is 5.81. The summed E-state index contributed by atoms with van der Waals surface area (Å²) in [7, 11) is 1.96. The van der Waals surface area contributed by atoms with Gasteiger partial charge in [-0.2, -0.15) is 5.10 Å². The first-order valence-corrected chi connectivity index (χ1v) is 10.2. The van der Waals surface area contributed by atoms with Gasteiger partial charge in [0.15, 0.2) is 0 Å². The molecule has 0 radical (unpaired) electrons. The van der Waals surface area contributed by atoms with Gasteiger partial charge in [-0.15, -0.1) is 0 Å². The number of aromatic nitrogens is 2. The third-order valence-corrected chi connectivity index (χ3v) is 5.41. The summed E-state index contributed by atoms with van der Waals surface area (Å²) >= 11 is 0. The molecule has 2 N–H and O–H groups in total. The first kappa shape index (κ1) is 21.7. The number of nitrogens with one attached hydrogen (secondary N) is 2. The van der Waals surface area contributed by atoms with Crippen LogP contribution in [0.3, 0.4) is 0 Å². The summed E-state index contributed by atoms with van der Waals surface area (Å²) in [5, 5.41) is 10.4. The number of halogens is 1. The molecule has 1 amide bonds. The van der Waals surface area contributed by atoms with Gasteiger partial charge in [0.25, 0.3) is 0 Å². The SMILES string of the molecule is Cc1ccc(NC(=O)C(C)N(C)CCCc2cc(-c3ccc(F)cc3)n[nH]2)c(C)c1. The maximum Gasteiger partial charge on any atom is 0.241 e. The summed E-state index contributed by atoms with van der Waals surface area (Å²) in [6, 6.07) is 14.1.